The molecule has 3 aliphatic heterocycles. The molecule has 4 aliphatic rings. The van der Waals surface area contributed by atoms with Gasteiger partial charge in [-0.15, -0.1) is 0 Å². The molecule has 4 rings (SSSR count). The van der Waals surface area contributed by atoms with Crippen molar-refractivity contribution in [1.29, 1.82) is 0 Å². The van der Waals surface area contributed by atoms with Gasteiger partial charge in [-0.1, -0.05) is 12.8 Å². The van der Waals surface area contributed by atoms with Gasteiger partial charge in [0.15, 0.2) is 0 Å². The predicted octanol–water partition coefficient (Wildman–Crippen LogP) is 2.16. The Morgan fingerprint density at radius 3 is 2.28 bits per heavy atom. The summed E-state index contributed by atoms with van der Waals surface area (Å²) in [5.74, 6) is 1.84. The van der Waals surface area contributed by atoms with Crippen molar-refractivity contribution in [2.75, 3.05) is 26.2 Å². The molecule has 0 radical (unpaired) electrons. The number of piperidine rings is 1. The van der Waals surface area contributed by atoms with E-state index in [2.05, 4.69) is 10.2 Å². The van der Waals surface area contributed by atoms with Crippen molar-refractivity contribution in [1.82, 2.24) is 15.1 Å². The molecule has 25 heavy (non-hydrogen) atoms. The number of nitrogens with one attached hydrogen (secondary N) is 1. The summed E-state index contributed by atoms with van der Waals surface area (Å²) in [5.41, 5.74) is 0. The highest BCUT2D eigenvalue weighted by Crippen LogP contribution is 2.34. The number of carbonyl (C=O) groups excluding carboxylic acids is 2. The first-order valence-electron chi connectivity index (χ1n) is 10.5. The summed E-state index contributed by atoms with van der Waals surface area (Å²) in [6, 6.07) is 0.634. The minimum absolute atomic E-state index is 0.0517. The Bertz CT molecular complexity index is 481. The lowest BCUT2D eigenvalue weighted by Crippen LogP contribution is -2.48. The Balaban J connectivity index is 1.23. The van der Waals surface area contributed by atoms with Crippen molar-refractivity contribution >= 4 is 11.8 Å². The topological polar surface area (TPSA) is 52.7 Å². The second-order valence-corrected chi connectivity index (χ2v) is 8.67. The zero-order valence-corrected chi connectivity index (χ0v) is 15.4. The van der Waals surface area contributed by atoms with E-state index < -0.39 is 0 Å². The van der Waals surface area contributed by atoms with Crippen LogP contribution < -0.4 is 5.32 Å². The van der Waals surface area contributed by atoms with Crippen molar-refractivity contribution in [3.8, 4) is 0 Å². The van der Waals surface area contributed by atoms with Gasteiger partial charge in [-0.25, -0.2) is 0 Å². The van der Waals surface area contributed by atoms with Gasteiger partial charge in [-0.05, 0) is 56.8 Å². The average molecular weight is 348 g/mol. The predicted molar refractivity (Wildman–Crippen MR) is 97.0 cm³/mol. The number of amides is 2. The molecule has 3 heterocycles. The zero-order chi connectivity index (χ0) is 17.2. The van der Waals surface area contributed by atoms with Crippen LogP contribution in [0.5, 0.6) is 0 Å². The lowest BCUT2D eigenvalue weighted by Gasteiger charge is -2.34. The van der Waals surface area contributed by atoms with Gasteiger partial charge in [0.25, 0.3) is 0 Å². The molecule has 0 aromatic rings. The molecule has 0 spiro atoms. The largest absolute Gasteiger partial charge is 0.343 e. The number of likely N-dealkylation sites (tertiary alicyclic amines) is 2. The number of carbonyl (C=O) groups is 2. The maximum atomic E-state index is 12.9. The molecule has 0 aromatic carbocycles. The summed E-state index contributed by atoms with van der Waals surface area (Å²) in [6.07, 6.45) is 11.2. The lowest BCUT2D eigenvalue weighted by atomic mass is 9.85. The fourth-order valence-corrected chi connectivity index (χ4v) is 5.43. The third kappa shape index (κ3) is 3.86. The van der Waals surface area contributed by atoms with Gasteiger partial charge in [0, 0.05) is 38.6 Å². The lowest BCUT2D eigenvalue weighted by molar-refractivity contribution is -0.135. The molecule has 0 bridgehead atoms. The molecule has 3 unspecified atom stereocenters. The number of nitrogens with zero attached hydrogens (tertiary/aromatic N) is 2. The van der Waals surface area contributed by atoms with E-state index in [0.717, 1.165) is 64.2 Å². The SMILES string of the molecule is O=C(CC1CCN(C(=O)C2CC3CCCCC3N2)CC1)N1CCCC1. The van der Waals surface area contributed by atoms with Gasteiger partial charge in [0.2, 0.25) is 11.8 Å². The Morgan fingerprint density at radius 2 is 1.56 bits per heavy atom. The van der Waals surface area contributed by atoms with Crippen LogP contribution in [0.1, 0.15) is 64.2 Å². The van der Waals surface area contributed by atoms with E-state index in [4.69, 9.17) is 0 Å². The molecule has 140 valence electrons. The summed E-state index contributed by atoms with van der Waals surface area (Å²) < 4.78 is 0. The molecule has 3 saturated heterocycles. The van der Waals surface area contributed by atoms with Crippen LogP contribution in [-0.2, 0) is 9.59 Å². The van der Waals surface area contributed by atoms with Crippen molar-refractivity contribution in [2.24, 2.45) is 11.8 Å². The molecular weight excluding hydrogens is 314 g/mol. The van der Waals surface area contributed by atoms with Gasteiger partial charge in [-0.3, -0.25) is 9.59 Å². The Kier molecular flexibility index (Phi) is 5.30. The summed E-state index contributed by atoms with van der Waals surface area (Å²) in [5, 5.41) is 3.62. The van der Waals surface area contributed by atoms with E-state index >= 15 is 0 Å². The van der Waals surface area contributed by atoms with Crippen LogP contribution in [0.4, 0.5) is 0 Å². The highest BCUT2D eigenvalue weighted by Gasteiger charge is 2.40. The maximum Gasteiger partial charge on any atom is 0.239 e. The summed E-state index contributed by atoms with van der Waals surface area (Å²) in [6.45, 7) is 3.58. The van der Waals surface area contributed by atoms with Crippen molar-refractivity contribution < 1.29 is 9.59 Å². The van der Waals surface area contributed by atoms with E-state index in [0.29, 0.717) is 30.2 Å². The van der Waals surface area contributed by atoms with Gasteiger partial charge in [0.1, 0.15) is 0 Å². The molecule has 1 saturated carbocycles. The molecule has 5 heteroatoms. The van der Waals surface area contributed by atoms with Gasteiger partial charge in [-0.2, -0.15) is 0 Å². The van der Waals surface area contributed by atoms with Crippen LogP contribution in [0.2, 0.25) is 0 Å². The summed E-state index contributed by atoms with van der Waals surface area (Å²) in [4.78, 5) is 29.3. The first-order valence-corrected chi connectivity index (χ1v) is 10.5. The molecule has 1 N–H and O–H groups in total. The third-order valence-corrected chi connectivity index (χ3v) is 7.01. The van der Waals surface area contributed by atoms with Crippen LogP contribution >= 0.6 is 0 Å². The van der Waals surface area contributed by atoms with Gasteiger partial charge in [0.05, 0.1) is 6.04 Å². The standard InChI is InChI=1S/C20H33N3O2/c24-19(22-9-3-4-10-22)13-15-7-11-23(12-8-15)20(25)18-14-16-5-1-2-6-17(16)21-18/h15-18,21H,1-14H2. The summed E-state index contributed by atoms with van der Waals surface area (Å²) in [7, 11) is 0. The van der Waals surface area contributed by atoms with E-state index in [9.17, 15) is 9.59 Å². The smallest absolute Gasteiger partial charge is 0.239 e. The summed E-state index contributed by atoms with van der Waals surface area (Å²) >= 11 is 0. The minimum Gasteiger partial charge on any atom is -0.343 e. The van der Waals surface area contributed by atoms with Gasteiger partial charge < -0.3 is 15.1 Å². The monoisotopic (exact) mass is 347 g/mol. The van der Waals surface area contributed by atoms with Crippen LogP contribution in [0, 0.1) is 11.8 Å². The molecular formula is C20H33N3O2. The Labute approximate surface area is 151 Å². The Hall–Kier alpha value is -1.10. The third-order valence-electron chi connectivity index (χ3n) is 7.01. The number of hydrogen-bond acceptors (Lipinski definition) is 3. The maximum absolute atomic E-state index is 12.9. The van der Waals surface area contributed by atoms with Crippen molar-refractivity contribution in [3.05, 3.63) is 0 Å². The van der Waals surface area contributed by atoms with E-state index in [1.807, 2.05) is 4.90 Å². The highest BCUT2D eigenvalue weighted by molar-refractivity contribution is 5.82. The second-order valence-electron chi connectivity index (χ2n) is 8.67. The van der Waals surface area contributed by atoms with E-state index in [1.54, 1.807) is 0 Å². The first-order chi connectivity index (χ1) is 12.2. The molecule has 5 nitrogen and oxygen atoms in total. The normalized spacial score (nSPS) is 33.5. The van der Waals surface area contributed by atoms with Crippen molar-refractivity contribution in [2.45, 2.75) is 76.3 Å². The van der Waals surface area contributed by atoms with Gasteiger partial charge >= 0.3 is 0 Å². The first kappa shape index (κ1) is 17.3. The molecule has 3 atom stereocenters. The fraction of sp³-hybridized carbons (Fsp3) is 0.900. The van der Waals surface area contributed by atoms with Crippen molar-refractivity contribution in [3.63, 3.8) is 0 Å². The number of fused-ring (bicyclic) bond motifs is 1. The number of hydrogen-bond donors (Lipinski definition) is 1. The minimum atomic E-state index is 0.0517. The molecule has 1 aliphatic carbocycles. The van der Waals surface area contributed by atoms with Crippen LogP contribution in [0.3, 0.4) is 0 Å². The molecule has 4 fully saturated rings. The van der Waals surface area contributed by atoms with E-state index in [1.165, 1.54) is 25.7 Å². The number of rotatable bonds is 3. The quantitative estimate of drug-likeness (QED) is 0.851. The van der Waals surface area contributed by atoms with Crippen LogP contribution in [0.25, 0.3) is 0 Å². The van der Waals surface area contributed by atoms with Crippen LogP contribution in [0.15, 0.2) is 0 Å². The second kappa shape index (κ2) is 7.65. The zero-order valence-electron chi connectivity index (χ0n) is 15.4. The molecule has 2 amide bonds. The molecule has 0 aromatic heterocycles. The fourth-order valence-electron chi connectivity index (χ4n) is 5.43. The Morgan fingerprint density at radius 1 is 0.840 bits per heavy atom. The van der Waals surface area contributed by atoms with E-state index in [-0.39, 0.29) is 6.04 Å². The average Bonchev–Trinajstić information content (AvgIpc) is 3.31. The highest BCUT2D eigenvalue weighted by atomic mass is 16.2. The van der Waals surface area contributed by atoms with Crippen LogP contribution in [-0.4, -0.2) is 59.9 Å².